The van der Waals surface area contributed by atoms with Crippen LogP contribution in [0.25, 0.3) is 0 Å². The van der Waals surface area contributed by atoms with Crippen molar-refractivity contribution < 1.29 is 9.53 Å². The minimum atomic E-state index is -0.215. The molecular weight excluding hydrogens is 208 g/mol. The van der Waals surface area contributed by atoms with Crippen LogP contribution in [0.15, 0.2) is 6.20 Å². The van der Waals surface area contributed by atoms with E-state index in [2.05, 4.69) is 15.5 Å². The van der Waals surface area contributed by atoms with Gasteiger partial charge in [-0.25, -0.2) is 0 Å². The van der Waals surface area contributed by atoms with Crippen molar-refractivity contribution in [2.75, 3.05) is 18.9 Å². The molecule has 1 aliphatic rings. The number of amides is 1. The van der Waals surface area contributed by atoms with Crippen LogP contribution in [0.5, 0.6) is 0 Å². The van der Waals surface area contributed by atoms with Gasteiger partial charge in [0.25, 0.3) is 5.91 Å². The SMILES string of the molecule is Nc1cn[nH]c1C(=O)NCCC1CCCO1. The highest BCUT2D eigenvalue weighted by atomic mass is 16.5. The number of carbonyl (C=O) groups is 1. The Bertz CT molecular complexity index is 357. The minimum absolute atomic E-state index is 0.215. The average molecular weight is 224 g/mol. The number of nitrogens with one attached hydrogen (secondary N) is 2. The Morgan fingerprint density at radius 2 is 2.62 bits per heavy atom. The van der Waals surface area contributed by atoms with E-state index in [4.69, 9.17) is 10.5 Å². The second-order valence-electron chi connectivity index (χ2n) is 3.88. The minimum Gasteiger partial charge on any atom is -0.396 e. The van der Waals surface area contributed by atoms with E-state index in [0.717, 1.165) is 25.9 Å². The molecule has 16 heavy (non-hydrogen) atoms. The van der Waals surface area contributed by atoms with E-state index in [-0.39, 0.29) is 5.91 Å². The van der Waals surface area contributed by atoms with Crippen molar-refractivity contribution >= 4 is 11.6 Å². The maximum absolute atomic E-state index is 11.6. The Morgan fingerprint density at radius 1 is 1.75 bits per heavy atom. The van der Waals surface area contributed by atoms with Crippen molar-refractivity contribution in [2.45, 2.75) is 25.4 Å². The topological polar surface area (TPSA) is 93.0 Å². The molecule has 1 amide bonds. The van der Waals surface area contributed by atoms with Crippen LogP contribution >= 0.6 is 0 Å². The third-order valence-corrected chi connectivity index (χ3v) is 2.67. The van der Waals surface area contributed by atoms with Crippen LogP contribution in [0.3, 0.4) is 0 Å². The Labute approximate surface area is 93.5 Å². The largest absolute Gasteiger partial charge is 0.396 e. The Balaban J connectivity index is 1.73. The fraction of sp³-hybridized carbons (Fsp3) is 0.600. The van der Waals surface area contributed by atoms with E-state index in [1.165, 1.54) is 6.20 Å². The van der Waals surface area contributed by atoms with E-state index >= 15 is 0 Å². The molecule has 0 radical (unpaired) electrons. The molecule has 0 saturated carbocycles. The van der Waals surface area contributed by atoms with Gasteiger partial charge in [-0.1, -0.05) is 0 Å². The molecule has 6 heteroatoms. The zero-order chi connectivity index (χ0) is 11.4. The lowest BCUT2D eigenvalue weighted by atomic mass is 10.2. The van der Waals surface area contributed by atoms with Crippen LogP contribution in [-0.2, 0) is 4.74 Å². The molecule has 2 heterocycles. The standard InChI is InChI=1S/C10H16N4O2/c11-8-6-13-14-9(8)10(15)12-4-3-7-2-1-5-16-7/h6-7H,1-5,11H2,(H,12,15)(H,13,14). The van der Waals surface area contributed by atoms with E-state index in [0.29, 0.717) is 24.0 Å². The van der Waals surface area contributed by atoms with Gasteiger partial charge in [-0.2, -0.15) is 5.10 Å². The van der Waals surface area contributed by atoms with Gasteiger partial charge in [-0.3, -0.25) is 9.89 Å². The maximum atomic E-state index is 11.6. The quantitative estimate of drug-likeness (QED) is 0.685. The Hall–Kier alpha value is -1.56. The number of hydrogen-bond acceptors (Lipinski definition) is 4. The number of hydrogen-bond donors (Lipinski definition) is 3. The number of anilines is 1. The number of nitrogens with zero attached hydrogens (tertiary/aromatic N) is 1. The monoisotopic (exact) mass is 224 g/mol. The first-order valence-corrected chi connectivity index (χ1v) is 5.46. The number of aromatic nitrogens is 2. The van der Waals surface area contributed by atoms with E-state index < -0.39 is 0 Å². The van der Waals surface area contributed by atoms with Gasteiger partial charge < -0.3 is 15.8 Å². The maximum Gasteiger partial charge on any atom is 0.271 e. The second kappa shape index (κ2) is 4.98. The zero-order valence-electron chi connectivity index (χ0n) is 9.03. The van der Waals surface area contributed by atoms with Gasteiger partial charge in [0.15, 0.2) is 0 Å². The predicted octanol–water partition coefficient (Wildman–Crippen LogP) is 0.291. The molecule has 88 valence electrons. The molecule has 0 aliphatic carbocycles. The molecule has 0 spiro atoms. The van der Waals surface area contributed by atoms with E-state index in [1.54, 1.807) is 0 Å². The predicted molar refractivity (Wildman–Crippen MR) is 58.9 cm³/mol. The fourth-order valence-electron chi connectivity index (χ4n) is 1.78. The number of carbonyl (C=O) groups excluding carboxylic acids is 1. The number of ether oxygens (including phenoxy) is 1. The lowest BCUT2D eigenvalue weighted by molar-refractivity contribution is 0.0904. The molecule has 1 fully saturated rings. The molecule has 6 nitrogen and oxygen atoms in total. The van der Waals surface area contributed by atoms with Crippen LogP contribution in [0.2, 0.25) is 0 Å². The molecule has 1 saturated heterocycles. The summed E-state index contributed by atoms with van der Waals surface area (Å²) in [6.45, 7) is 1.44. The van der Waals surface area contributed by atoms with Crippen molar-refractivity contribution in [1.29, 1.82) is 0 Å². The summed E-state index contributed by atoms with van der Waals surface area (Å²) in [5.74, 6) is -0.215. The van der Waals surface area contributed by atoms with Gasteiger partial charge in [0.05, 0.1) is 18.0 Å². The summed E-state index contributed by atoms with van der Waals surface area (Å²) in [5.41, 5.74) is 6.25. The summed E-state index contributed by atoms with van der Waals surface area (Å²) < 4.78 is 5.45. The van der Waals surface area contributed by atoms with Gasteiger partial charge in [0.1, 0.15) is 5.69 Å². The lowest BCUT2D eigenvalue weighted by Crippen LogP contribution is -2.27. The number of rotatable bonds is 4. The van der Waals surface area contributed by atoms with Crippen molar-refractivity contribution in [3.8, 4) is 0 Å². The van der Waals surface area contributed by atoms with E-state index in [9.17, 15) is 4.79 Å². The van der Waals surface area contributed by atoms with Gasteiger partial charge in [-0.15, -0.1) is 0 Å². The van der Waals surface area contributed by atoms with Gasteiger partial charge in [0.2, 0.25) is 0 Å². The zero-order valence-corrected chi connectivity index (χ0v) is 9.03. The summed E-state index contributed by atoms with van der Waals surface area (Å²) in [4.78, 5) is 11.6. The molecule has 1 aromatic rings. The first-order valence-electron chi connectivity index (χ1n) is 5.46. The van der Waals surface area contributed by atoms with Crippen LogP contribution in [-0.4, -0.2) is 35.4 Å². The molecule has 0 aromatic carbocycles. The highest BCUT2D eigenvalue weighted by Gasteiger charge is 2.16. The summed E-state index contributed by atoms with van der Waals surface area (Å²) in [6, 6.07) is 0. The molecule has 1 aromatic heterocycles. The van der Waals surface area contributed by atoms with Crippen molar-refractivity contribution in [3.05, 3.63) is 11.9 Å². The highest BCUT2D eigenvalue weighted by Crippen LogP contribution is 2.14. The lowest BCUT2D eigenvalue weighted by Gasteiger charge is -2.09. The van der Waals surface area contributed by atoms with Crippen LogP contribution in [0.1, 0.15) is 29.8 Å². The van der Waals surface area contributed by atoms with Gasteiger partial charge in [-0.05, 0) is 19.3 Å². The fourth-order valence-corrected chi connectivity index (χ4v) is 1.78. The molecule has 4 N–H and O–H groups in total. The Morgan fingerprint density at radius 3 is 3.25 bits per heavy atom. The first-order chi connectivity index (χ1) is 7.77. The Kier molecular flexibility index (Phi) is 3.40. The van der Waals surface area contributed by atoms with Crippen molar-refractivity contribution in [3.63, 3.8) is 0 Å². The van der Waals surface area contributed by atoms with Crippen LogP contribution in [0.4, 0.5) is 5.69 Å². The smallest absolute Gasteiger partial charge is 0.271 e. The van der Waals surface area contributed by atoms with E-state index in [1.807, 2.05) is 0 Å². The van der Waals surface area contributed by atoms with Gasteiger partial charge in [0, 0.05) is 13.2 Å². The molecule has 2 rings (SSSR count). The van der Waals surface area contributed by atoms with Crippen molar-refractivity contribution in [2.24, 2.45) is 0 Å². The summed E-state index contributed by atoms with van der Waals surface area (Å²) in [6.07, 6.45) is 4.77. The third-order valence-electron chi connectivity index (χ3n) is 2.67. The molecule has 1 atom stereocenters. The molecule has 1 unspecified atom stereocenters. The highest BCUT2D eigenvalue weighted by molar-refractivity contribution is 5.96. The average Bonchev–Trinajstić information content (AvgIpc) is 2.88. The first kappa shape index (κ1) is 10.9. The van der Waals surface area contributed by atoms with Gasteiger partial charge >= 0.3 is 0 Å². The summed E-state index contributed by atoms with van der Waals surface area (Å²) >= 11 is 0. The number of nitrogen functional groups attached to an aromatic ring is 1. The molecular formula is C10H16N4O2. The third kappa shape index (κ3) is 2.52. The number of aromatic amines is 1. The molecule has 1 aliphatic heterocycles. The summed E-state index contributed by atoms with van der Waals surface area (Å²) in [7, 11) is 0. The second-order valence-corrected chi connectivity index (χ2v) is 3.88. The summed E-state index contributed by atoms with van der Waals surface area (Å²) in [5, 5.41) is 9.04. The normalized spacial score (nSPS) is 19.9. The van der Waals surface area contributed by atoms with Crippen LogP contribution < -0.4 is 11.1 Å². The van der Waals surface area contributed by atoms with Crippen molar-refractivity contribution in [1.82, 2.24) is 15.5 Å². The number of H-pyrrole nitrogens is 1. The number of nitrogens with two attached hydrogens (primary N) is 1. The van der Waals surface area contributed by atoms with Crippen LogP contribution in [0, 0.1) is 0 Å². The molecule has 0 bridgehead atoms.